The predicted molar refractivity (Wildman–Crippen MR) is 129 cm³/mol. The molecule has 163 valence electrons. The van der Waals surface area contributed by atoms with Crippen molar-refractivity contribution in [2.75, 3.05) is 12.0 Å². The van der Waals surface area contributed by atoms with Gasteiger partial charge in [0.25, 0.3) is 5.91 Å². The molecule has 0 aliphatic rings. The molecule has 0 saturated heterocycles. The number of carboxylic acids is 1. The van der Waals surface area contributed by atoms with Crippen LogP contribution < -0.4 is 10.6 Å². The number of thioether (sulfide) groups is 1. The Morgan fingerprint density at radius 3 is 2.50 bits per heavy atom. The molecule has 8 heteroatoms. The number of carbonyl (C=O) groups is 2. The second kappa shape index (κ2) is 13.2. The summed E-state index contributed by atoms with van der Waals surface area (Å²) >= 11 is 1.55. The summed E-state index contributed by atoms with van der Waals surface area (Å²) in [5.74, 6) is 0.0948. The normalized spacial score (nSPS) is 11.4. The van der Waals surface area contributed by atoms with Crippen LogP contribution >= 0.6 is 11.8 Å². The molecular weight excluding hydrogens is 419 g/mol. The van der Waals surface area contributed by atoms with Crippen molar-refractivity contribution in [2.45, 2.75) is 25.6 Å². The third kappa shape index (κ3) is 7.32. The second-order valence-corrected chi connectivity index (χ2v) is 8.06. The monoisotopic (exact) mass is 445 g/mol. The second-order valence-electron chi connectivity index (χ2n) is 7.07. The van der Waals surface area contributed by atoms with E-state index in [1.807, 2.05) is 60.9 Å². The molecule has 2 aromatic carbocycles. The summed E-state index contributed by atoms with van der Waals surface area (Å²) in [4.78, 5) is 24.5. The Labute approximate surface area is 204 Å². The molecule has 0 fully saturated rings. The zero-order chi connectivity index (χ0) is 22.1. The average Bonchev–Trinajstić information content (AvgIpc) is 3.30. The number of hydrogen-bond donors (Lipinski definition) is 3. The van der Waals surface area contributed by atoms with Gasteiger partial charge in [0.15, 0.2) is 0 Å². The Bertz CT molecular complexity index is 996. The zero-order valence-corrected chi connectivity index (χ0v) is 19.2. The number of benzene rings is 2. The summed E-state index contributed by atoms with van der Waals surface area (Å²) in [6, 6.07) is 18.1. The van der Waals surface area contributed by atoms with E-state index in [-0.39, 0.29) is 24.8 Å². The van der Waals surface area contributed by atoms with Crippen LogP contribution in [0.5, 0.6) is 0 Å². The molecule has 3 aromatic rings. The van der Waals surface area contributed by atoms with Crippen LogP contribution in [0.3, 0.4) is 0 Å². The molecular formula is C24H26LiN2O4S. The average molecular weight is 445 g/mol. The summed E-state index contributed by atoms with van der Waals surface area (Å²) in [7, 11) is 0. The molecule has 32 heavy (non-hydrogen) atoms. The number of furan rings is 1. The molecule has 0 spiro atoms. The van der Waals surface area contributed by atoms with Crippen molar-refractivity contribution in [1.82, 2.24) is 10.6 Å². The van der Waals surface area contributed by atoms with E-state index in [4.69, 9.17) is 4.42 Å². The van der Waals surface area contributed by atoms with Gasteiger partial charge in [-0.25, -0.2) is 4.79 Å². The Morgan fingerprint density at radius 2 is 1.84 bits per heavy atom. The molecule has 0 unspecified atom stereocenters. The largest absolute Gasteiger partial charge is 0.480 e. The number of hydrogen-bond acceptors (Lipinski definition) is 5. The molecule has 0 aliphatic carbocycles. The summed E-state index contributed by atoms with van der Waals surface area (Å²) in [6.45, 7) is 1.21. The minimum atomic E-state index is -1.03. The van der Waals surface area contributed by atoms with E-state index in [1.54, 1.807) is 24.1 Å². The van der Waals surface area contributed by atoms with Crippen molar-refractivity contribution in [3.63, 3.8) is 0 Å². The first-order chi connectivity index (χ1) is 15.1. The van der Waals surface area contributed by atoms with Gasteiger partial charge in [0.1, 0.15) is 11.8 Å². The van der Waals surface area contributed by atoms with Gasteiger partial charge >= 0.3 is 5.97 Å². The SMILES string of the molecule is CSCC[C@H](NC(=O)c1ccc(CNCc2ccco2)cc1-c1ccccc1)C(=O)O.[Li]. The van der Waals surface area contributed by atoms with Gasteiger partial charge in [-0.15, -0.1) is 0 Å². The molecule has 0 bridgehead atoms. The molecule has 1 amide bonds. The van der Waals surface area contributed by atoms with E-state index in [0.29, 0.717) is 30.8 Å². The third-order valence-corrected chi connectivity index (χ3v) is 5.48. The van der Waals surface area contributed by atoms with Crippen molar-refractivity contribution in [3.8, 4) is 11.1 Å². The molecule has 0 saturated carbocycles. The molecule has 1 atom stereocenters. The van der Waals surface area contributed by atoms with E-state index in [1.165, 1.54) is 0 Å². The first-order valence-corrected chi connectivity index (χ1v) is 11.4. The van der Waals surface area contributed by atoms with Crippen molar-refractivity contribution >= 4 is 42.5 Å². The van der Waals surface area contributed by atoms with Crippen molar-refractivity contribution in [1.29, 1.82) is 0 Å². The van der Waals surface area contributed by atoms with Gasteiger partial charge in [0.05, 0.1) is 12.8 Å². The van der Waals surface area contributed by atoms with Crippen molar-refractivity contribution in [3.05, 3.63) is 83.8 Å². The minimum absolute atomic E-state index is 0. The number of amides is 1. The summed E-state index contributed by atoms with van der Waals surface area (Å²) < 4.78 is 5.33. The third-order valence-electron chi connectivity index (χ3n) is 4.84. The van der Waals surface area contributed by atoms with Crippen LogP contribution in [-0.2, 0) is 17.9 Å². The zero-order valence-electron chi connectivity index (χ0n) is 18.3. The van der Waals surface area contributed by atoms with Gasteiger partial charge in [-0.05, 0) is 59.4 Å². The fraction of sp³-hybridized carbons (Fsp3) is 0.250. The van der Waals surface area contributed by atoms with Crippen molar-refractivity contribution < 1.29 is 19.1 Å². The van der Waals surface area contributed by atoms with Crippen LogP contribution in [0, 0.1) is 0 Å². The molecule has 0 aliphatic heterocycles. The number of aliphatic carboxylic acids is 1. The van der Waals surface area contributed by atoms with Gasteiger partial charge < -0.3 is 20.2 Å². The Kier molecular flexibility index (Phi) is 10.6. The quantitative estimate of drug-likeness (QED) is 0.389. The van der Waals surface area contributed by atoms with E-state index in [2.05, 4.69) is 10.6 Å². The first-order valence-electron chi connectivity index (χ1n) is 10.0. The first kappa shape index (κ1) is 25.8. The Balaban J connectivity index is 0.00000363. The van der Waals surface area contributed by atoms with E-state index in [9.17, 15) is 14.7 Å². The maximum Gasteiger partial charge on any atom is 0.326 e. The van der Waals surface area contributed by atoms with Gasteiger partial charge in [0.2, 0.25) is 0 Å². The summed E-state index contributed by atoms with van der Waals surface area (Å²) in [5, 5.41) is 15.5. The fourth-order valence-corrected chi connectivity index (χ4v) is 3.70. The Hall–Kier alpha value is -2.43. The number of carbonyl (C=O) groups excluding carboxylic acids is 1. The topological polar surface area (TPSA) is 91.6 Å². The van der Waals surface area contributed by atoms with Crippen LogP contribution in [0.2, 0.25) is 0 Å². The summed E-state index contributed by atoms with van der Waals surface area (Å²) in [6.07, 6.45) is 3.92. The standard InChI is InChI=1S/C24H26N2O4S.Li/c1-31-13-11-22(24(28)29)26-23(27)20-10-9-17(15-25-16-19-8-5-12-30-19)14-21(20)18-6-3-2-4-7-18;/h2-10,12,14,22,25H,11,13,15-16H2,1H3,(H,26,27)(H,28,29);/t22-;/m0./s1. The summed E-state index contributed by atoms with van der Waals surface area (Å²) in [5.41, 5.74) is 3.14. The van der Waals surface area contributed by atoms with Crippen LogP contribution in [0.4, 0.5) is 0 Å². The van der Waals surface area contributed by atoms with E-state index < -0.39 is 12.0 Å². The van der Waals surface area contributed by atoms with E-state index in [0.717, 1.165) is 22.5 Å². The van der Waals surface area contributed by atoms with Gasteiger partial charge in [-0.1, -0.05) is 36.4 Å². The molecule has 3 N–H and O–H groups in total. The molecule has 1 aromatic heterocycles. The fourth-order valence-electron chi connectivity index (χ4n) is 3.23. The minimum Gasteiger partial charge on any atom is -0.480 e. The number of nitrogens with one attached hydrogen (secondary N) is 2. The molecule has 6 nitrogen and oxygen atoms in total. The van der Waals surface area contributed by atoms with Crippen LogP contribution in [-0.4, -0.2) is 53.9 Å². The van der Waals surface area contributed by atoms with Crippen LogP contribution in [0.25, 0.3) is 11.1 Å². The molecule has 1 heterocycles. The van der Waals surface area contributed by atoms with Crippen LogP contribution in [0.1, 0.15) is 28.1 Å². The smallest absolute Gasteiger partial charge is 0.326 e. The maximum atomic E-state index is 13.0. The van der Waals surface area contributed by atoms with E-state index >= 15 is 0 Å². The van der Waals surface area contributed by atoms with Gasteiger partial charge in [-0.2, -0.15) is 11.8 Å². The number of rotatable bonds is 11. The molecule has 3 rings (SSSR count). The van der Waals surface area contributed by atoms with Gasteiger partial charge in [0, 0.05) is 31.0 Å². The predicted octanol–water partition coefficient (Wildman–Crippen LogP) is 3.79. The van der Waals surface area contributed by atoms with Crippen LogP contribution in [0.15, 0.2) is 71.3 Å². The number of carboxylic acid groups (broad SMARTS) is 1. The van der Waals surface area contributed by atoms with Gasteiger partial charge in [-0.3, -0.25) is 4.79 Å². The maximum absolute atomic E-state index is 13.0. The molecule has 1 radical (unpaired) electrons. The van der Waals surface area contributed by atoms with Crippen molar-refractivity contribution in [2.24, 2.45) is 0 Å². The Morgan fingerprint density at radius 1 is 1.06 bits per heavy atom.